The van der Waals surface area contributed by atoms with Gasteiger partial charge in [-0.25, -0.2) is 9.59 Å². The van der Waals surface area contributed by atoms with Crippen LogP contribution in [-0.2, 0) is 11.3 Å². The van der Waals surface area contributed by atoms with E-state index >= 15 is 0 Å². The van der Waals surface area contributed by atoms with Crippen molar-refractivity contribution in [3.8, 4) is 0 Å². The van der Waals surface area contributed by atoms with Crippen molar-refractivity contribution in [3.63, 3.8) is 0 Å². The molecular weight excluding hydrogens is 294 g/mol. The van der Waals surface area contributed by atoms with E-state index in [0.29, 0.717) is 5.01 Å². The molecule has 110 valence electrons. The summed E-state index contributed by atoms with van der Waals surface area (Å²) >= 11 is 0.913. The number of carbonyl (C=O) groups is 2. The Morgan fingerprint density at radius 3 is 2.67 bits per heavy atom. The fourth-order valence-corrected chi connectivity index (χ4v) is 2.18. The van der Waals surface area contributed by atoms with Crippen molar-refractivity contribution in [1.29, 1.82) is 0 Å². The Morgan fingerprint density at radius 1 is 1.33 bits per heavy atom. The van der Waals surface area contributed by atoms with E-state index in [4.69, 9.17) is 9.84 Å². The molecule has 0 saturated carbocycles. The highest BCUT2D eigenvalue weighted by Crippen LogP contribution is 2.17. The molecule has 2 N–H and O–H groups in total. The molecule has 1 aromatic heterocycles. The van der Waals surface area contributed by atoms with Crippen LogP contribution in [0, 0.1) is 0 Å². The fraction of sp³-hybridized carbons (Fsp3) is 0.231. The number of carbonyl (C=O) groups excluding carboxylic acids is 1. The Hall–Kier alpha value is -2.48. The van der Waals surface area contributed by atoms with Crippen molar-refractivity contribution >= 4 is 23.4 Å². The van der Waals surface area contributed by atoms with E-state index in [2.05, 4.69) is 15.5 Å². The summed E-state index contributed by atoms with van der Waals surface area (Å²) in [6, 6.07) is 8.81. The number of aromatic nitrogens is 2. The number of hydrogen-bond donors (Lipinski definition) is 2. The van der Waals surface area contributed by atoms with Gasteiger partial charge >= 0.3 is 12.1 Å². The Labute approximate surface area is 124 Å². The first kappa shape index (κ1) is 14.9. The molecule has 0 fully saturated rings. The number of hydrogen-bond acceptors (Lipinski definition) is 6. The number of nitrogens with one attached hydrogen (secondary N) is 1. The van der Waals surface area contributed by atoms with Crippen LogP contribution in [0.2, 0.25) is 0 Å². The predicted molar refractivity (Wildman–Crippen MR) is 75.0 cm³/mol. The zero-order valence-corrected chi connectivity index (χ0v) is 12.0. The maximum Gasteiger partial charge on any atom is 0.408 e. The van der Waals surface area contributed by atoms with Gasteiger partial charge in [0.25, 0.3) is 0 Å². The van der Waals surface area contributed by atoms with Crippen molar-refractivity contribution in [2.45, 2.75) is 19.6 Å². The summed E-state index contributed by atoms with van der Waals surface area (Å²) in [5.41, 5.74) is 0.879. The van der Waals surface area contributed by atoms with Crippen LogP contribution in [0.4, 0.5) is 4.79 Å². The molecule has 1 unspecified atom stereocenters. The summed E-state index contributed by atoms with van der Waals surface area (Å²) in [5.74, 6) is -1.14. The maximum atomic E-state index is 11.6. The second kappa shape index (κ2) is 6.80. The average molecular weight is 307 g/mol. The lowest BCUT2D eigenvalue weighted by atomic mass is 10.2. The lowest BCUT2D eigenvalue weighted by Gasteiger charge is -2.11. The van der Waals surface area contributed by atoms with Crippen molar-refractivity contribution in [2.24, 2.45) is 0 Å². The summed E-state index contributed by atoms with van der Waals surface area (Å²) in [6.45, 7) is 1.84. The van der Waals surface area contributed by atoms with Crippen molar-refractivity contribution in [3.05, 3.63) is 45.9 Å². The van der Waals surface area contributed by atoms with E-state index in [1.54, 1.807) is 6.92 Å². The van der Waals surface area contributed by atoms with Gasteiger partial charge in [0, 0.05) is 0 Å². The Kier molecular flexibility index (Phi) is 4.83. The molecule has 0 saturated heterocycles. The van der Waals surface area contributed by atoms with Gasteiger partial charge in [-0.3, -0.25) is 0 Å². The molecule has 0 aliphatic rings. The van der Waals surface area contributed by atoms with Gasteiger partial charge in [-0.05, 0) is 12.5 Å². The van der Waals surface area contributed by atoms with Gasteiger partial charge in [0.1, 0.15) is 11.6 Å². The molecule has 1 heterocycles. The standard InChI is InChI=1S/C13H13N3O4S/c1-8(10-15-16-11(21-10)12(17)18)14-13(19)20-7-9-5-3-2-4-6-9/h2-6,8H,7H2,1H3,(H,14,19)(H,17,18). The van der Waals surface area contributed by atoms with Gasteiger partial charge in [-0.1, -0.05) is 41.7 Å². The minimum Gasteiger partial charge on any atom is -0.476 e. The molecule has 0 radical (unpaired) electrons. The smallest absolute Gasteiger partial charge is 0.408 e. The van der Waals surface area contributed by atoms with Gasteiger partial charge in [-0.2, -0.15) is 0 Å². The Bertz CT molecular complexity index is 629. The molecule has 0 spiro atoms. The summed E-state index contributed by atoms with van der Waals surface area (Å²) in [7, 11) is 0. The van der Waals surface area contributed by atoms with E-state index in [9.17, 15) is 9.59 Å². The van der Waals surface area contributed by atoms with Crippen LogP contribution < -0.4 is 5.32 Å². The quantitative estimate of drug-likeness (QED) is 0.878. The number of alkyl carbamates (subject to hydrolysis) is 1. The number of nitrogens with zero attached hydrogens (tertiary/aromatic N) is 2. The third-order valence-corrected chi connectivity index (χ3v) is 3.64. The van der Waals surface area contributed by atoms with E-state index in [-0.39, 0.29) is 11.6 Å². The molecule has 8 heteroatoms. The molecule has 21 heavy (non-hydrogen) atoms. The van der Waals surface area contributed by atoms with Crippen molar-refractivity contribution in [2.75, 3.05) is 0 Å². The number of carboxylic acid groups (broad SMARTS) is 1. The highest BCUT2D eigenvalue weighted by molar-refractivity contribution is 7.13. The number of carboxylic acids is 1. The van der Waals surface area contributed by atoms with Gasteiger partial charge in [0.15, 0.2) is 0 Å². The normalized spacial score (nSPS) is 11.7. The summed E-state index contributed by atoms with van der Waals surface area (Å²) in [5, 5.41) is 18.9. The second-order valence-corrected chi connectivity index (χ2v) is 5.19. The van der Waals surface area contributed by atoms with Gasteiger partial charge in [0.05, 0.1) is 6.04 Å². The van der Waals surface area contributed by atoms with E-state index < -0.39 is 18.1 Å². The number of benzene rings is 1. The molecule has 1 atom stereocenters. The molecule has 0 bridgehead atoms. The molecule has 0 aliphatic carbocycles. The van der Waals surface area contributed by atoms with Crippen LogP contribution >= 0.6 is 11.3 Å². The van der Waals surface area contributed by atoms with E-state index in [1.807, 2.05) is 30.3 Å². The van der Waals surface area contributed by atoms with Crippen LogP contribution in [0.1, 0.15) is 33.3 Å². The lowest BCUT2D eigenvalue weighted by Crippen LogP contribution is -2.27. The first-order valence-corrected chi connectivity index (χ1v) is 6.92. The first-order chi connectivity index (χ1) is 10.1. The minimum atomic E-state index is -1.14. The SMILES string of the molecule is CC(NC(=O)OCc1ccccc1)c1nnc(C(=O)O)s1. The molecule has 1 aromatic carbocycles. The molecule has 0 aliphatic heterocycles. The summed E-state index contributed by atoms with van der Waals surface area (Å²) in [4.78, 5) is 22.4. The number of aromatic carboxylic acids is 1. The Balaban J connectivity index is 1.85. The fourth-order valence-electron chi connectivity index (χ4n) is 1.50. The largest absolute Gasteiger partial charge is 0.476 e. The number of amides is 1. The zero-order chi connectivity index (χ0) is 15.2. The molecular formula is C13H13N3O4S. The second-order valence-electron chi connectivity index (χ2n) is 4.18. The van der Waals surface area contributed by atoms with Crippen LogP contribution in [0.3, 0.4) is 0 Å². The van der Waals surface area contributed by atoms with E-state index in [0.717, 1.165) is 16.9 Å². The number of rotatable bonds is 5. The van der Waals surface area contributed by atoms with Crippen LogP contribution in [-0.4, -0.2) is 27.4 Å². The lowest BCUT2D eigenvalue weighted by molar-refractivity contribution is 0.0695. The van der Waals surface area contributed by atoms with Crippen LogP contribution in [0.15, 0.2) is 30.3 Å². The molecule has 2 aromatic rings. The monoisotopic (exact) mass is 307 g/mol. The minimum absolute atomic E-state index is 0.115. The summed E-state index contributed by atoms with van der Waals surface area (Å²) < 4.78 is 5.06. The van der Waals surface area contributed by atoms with Crippen molar-refractivity contribution < 1.29 is 19.4 Å². The topological polar surface area (TPSA) is 101 Å². The van der Waals surface area contributed by atoms with Gasteiger partial charge in [0.2, 0.25) is 5.01 Å². The van der Waals surface area contributed by atoms with Crippen molar-refractivity contribution in [1.82, 2.24) is 15.5 Å². The van der Waals surface area contributed by atoms with E-state index in [1.165, 1.54) is 0 Å². The number of ether oxygens (including phenoxy) is 1. The summed E-state index contributed by atoms with van der Waals surface area (Å²) in [6.07, 6.45) is -0.599. The molecule has 2 rings (SSSR count). The highest BCUT2D eigenvalue weighted by Gasteiger charge is 2.18. The molecule has 1 amide bonds. The third-order valence-electron chi connectivity index (χ3n) is 2.54. The van der Waals surface area contributed by atoms with Gasteiger partial charge in [-0.15, -0.1) is 10.2 Å². The maximum absolute atomic E-state index is 11.6. The van der Waals surface area contributed by atoms with Crippen LogP contribution in [0.5, 0.6) is 0 Å². The molecule has 7 nitrogen and oxygen atoms in total. The van der Waals surface area contributed by atoms with Crippen LogP contribution in [0.25, 0.3) is 0 Å². The highest BCUT2D eigenvalue weighted by atomic mass is 32.1. The van der Waals surface area contributed by atoms with Gasteiger partial charge < -0.3 is 15.2 Å². The third kappa shape index (κ3) is 4.25. The zero-order valence-electron chi connectivity index (χ0n) is 11.1. The Morgan fingerprint density at radius 2 is 2.05 bits per heavy atom. The average Bonchev–Trinajstić information content (AvgIpc) is 2.96. The first-order valence-electron chi connectivity index (χ1n) is 6.10. The predicted octanol–water partition coefficient (Wildman–Crippen LogP) is 2.22.